The van der Waals surface area contributed by atoms with Crippen LogP contribution in [0.5, 0.6) is 0 Å². The number of rotatable bonds is 3. The summed E-state index contributed by atoms with van der Waals surface area (Å²) in [6, 6.07) is 0. The SMILES string of the molecule is CC(C)(C)c1nnsc1C(=O)NCC1CCCC1O. The molecule has 1 saturated carbocycles. The Morgan fingerprint density at radius 2 is 2.21 bits per heavy atom. The molecule has 2 N–H and O–H groups in total. The van der Waals surface area contributed by atoms with E-state index in [-0.39, 0.29) is 23.3 Å². The minimum absolute atomic E-state index is 0.126. The van der Waals surface area contributed by atoms with E-state index in [4.69, 9.17) is 0 Å². The molecule has 2 rings (SSSR count). The first-order valence-corrected chi connectivity index (χ1v) is 7.46. The average molecular weight is 283 g/mol. The molecule has 0 aliphatic heterocycles. The van der Waals surface area contributed by atoms with Gasteiger partial charge >= 0.3 is 0 Å². The number of nitrogens with zero attached hydrogens (tertiary/aromatic N) is 2. The van der Waals surface area contributed by atoms with Crippen molar-refractivity contribution in [3.05, 3.63) is 10.6 Å². The molecule has 1 aromatic rings. The van der Waals surface area contributed by atoms with Gasteiger partial charge in [-0.25, -0.2) is 0 Å². The Morgan fingerprint density at radius 3 is 2.79 bits per heavy atom. The Labute approximate surface area is 117 Å². The number of amides is 1. The molecule has 0 bridgehead atoms. The van der Waals surface area contributed by atoms with Crippen LogP contribution in [0, 0.1) is 5.92 Å². The predicted octanol–water partition coefficient (Wildman–Crippen LogP) is 1.73. The summed E-state index contributed by atoms with van der Waals surface area (Å²) in [7, 11) is 0. The molecule has 19 heavy (non-hydrogen) atoms. The second-order valence-corrected chi connectivity index (χ2v) is 6.92. The van der Waals surface area contributed by atoms with Gasteiger partial charge in [0.05, 0.1) is 11.8 Å². The highest BCUT2D eigenvalue weighted by atomic mass is 32.1. The van der Waals surface area contributed by atoms with E-state index < -0.39 is 0 Å². The van der Waals surface area contributed by atoms with Gasteiger partial charge in [0.1, 0.15) is 4.88 Å². The molecule has 1 aliphatic carbocycles. The number of aliphatic hydroxyl groups excluding tert-OH is 1. The Kier molecular flexibility index (Phi) is 4.20. The number of nitrogens with one attached hydrogen (secondary N) is 1. The highest BCUT2D eigenvalue weighted by Gasteiger charge is 2.28. The zero-order valence-corrected chi connectivity index (χ0v) is 12.5. The largest absolute Gasteiger partial charge is 0.393 e. The van der Waals surface area contributed by atoms with Crippen molar-refractivity contribution in [3.8, 4) is 0 Å². The van der Waals surface area contributed by atoms with Crippen molar-refractivity contribution in [2.24, 2.45) is 5.92 Å². The zero-order valence-electron chi connectivity index (χ0n) is 11.6. The molecule has 0 aromatic carbocycles. The Hall–Kier alpha value is -1.01. The maximum Gasteiger partial charge on any atom is 0.264 e. The summed E-state index contributed by atoms with van der Waals surface area (Å²) in [6.45, 7) is 6.57. The number of hydrogen-bond acceptors (Lipinski definition) is 5. The number of hydrogen-bond donors (Lipinski definition) is 2. The molecule has 2 unspecified atom stereocenters. The first kappa shape index (κ1) is 14.4. The quantitative estimate of drug-likeness (QED) is 0.886. The van der Waals surface area contributed by atoms with Gasteiger partial charge in [-0.15, -0.1) is 5.10 Å². The fraction of sp³-hybridized carbons (Fsp3) is 0.769. The molecule has 0 saturated heterocycles. The molecule has 0 spiro atoms. The zero-order chi connectivity index (χ0) is 14.0. The number of carbonyl (C=O) groups is 1. The van der Waals surface area contributed by atoms with Gasteiger partial charge in [0.15, 0.2) is 0 Å². The molecule has 0 radical (unpaired) electrons. The molecular weight excluding hydrogens is 262 g/mol. The van der Waals surface area contributed by atoms with E-state index >= 15 is 0 Å². The molecule has 1 aromatic heterocycles. The van der Waals surface area contributed by atoms with Gasteiger partial charge in [0, 0.05) is 17.9 Å². The standard InChI is InChI=1S/C13H21N3O2S/c1-13(2,3)11-10(19-16-15-11)12(18)14-7-8-5-4-6-9(8)17/h8-9,17H,4-7H2,1-3H3,(H,14,18). The van der Waals surface area contributed by atoms with E-state index in [1.807, 2.05) is 20.8 Å². The molecule has 1 amide bonds. The van der Waals surface area contributed by atoms with Crippen molar-refractivity contribution in [1.29, 1.82) is 0 Å². The van der Waals surface area contributed by atoms with Crippen molar-refractivity contribution in [1.82, 2.24) is 14.9 Å². The van der Waals surface area contributed by atoms with Crippen LogP contribution in [0.3, 0.4) is 0 Å². The van der Waals surface area contributed by atoms with Crippen LogP contribution in [0.1, 0.15) is 55.4 Å². The summed E-state index contributed by atoms with van der Waals surface area (Å²) in [5.74, 6) is 0.0574. The van der Waals surface area contributed by atoms with E-state index in [9.17, 15) is 9.90 Å². The third kappa shape index (κ3) is 3.30. The van der Waals surface area contributed by atoms with Crippen molar-refractivity contribution in [2.75, 3.05) is 6.54 Å². The van der Waals surface area contributed by atoms with Crippen LogP contribution in [0.25, 0.3) is 0 Å². The molecule has 1 aliphatic rings. The maximum atomic E-state index is 12.2. The highest BCUT2D eigenvalue weighted by Crippen LogP contribution is 2.27. The van der Waals surface area contributed by atoms with Gasteiger partial charge in [-0.05, 0) is 24.4 Å². The molecular formula is C13H21N3O2S. The summed E-state index contributed by atoms with van der Waals surface area (Å²) in [4.78, 5) is 12.8. The first-order chi connectivity index (χ1) is 8.89. The van der Waals surface area contributed by atoms with Crippen molar-refractivity contribution in [2.45, 2.75) is 51.6 Å². The van der Waals surface area contributed by atoms with Gasteiger partial charge in [-0.1, -0.05) is 31.7 Å². The fourth-order valence-electron chi connectivity index (χ4n) is 2.39. The van der Waals surface area contributed by atoms with E-state index in [1.165, 1.54) is 0 Å². The van der Waals surface area contributed by atoms with Crippen molar-refractivity contribution in [3.63, 3.8) is 0 Å². The summed E-state index contributed by atoms with van der Waals surface area (Å²) in [6.07, 6.45) is 2.59. The van der Waals surface area contributed by atoms with Crippen molar-refractivity contribution >= 4 is 17.4 Å². The lowest BCUT2D eigenvalue weighted by molar-refractivity contribution is 0.0918. The monoisotopic (exact) mass is 283 g/mol. The first-order valence-electron chi connectivity index (χ1n) is 6.68. The lowest BCUT2D eigenvalue weighted by Crippen LogP contribution is -2.33. The summed E-state index contributed by atoms with van der Waals surface area (Å²) >= 11 is 1.13. The smallest absolute Gasteiger partial charge is 0.264 e. The van der Waals surface area contributed by atoms with Gasteiger partial charge in [0.2, 0.25) is 0 Å². The predicted molar refractivity (Wildman–Crippen MR) is 74.3 cm³/mol. The lowest BCUT2D eigenvalue weighted by atomic mass is 9.91. The van der Waals surface area contributed by atoms with Gasteiger partial charge in [-0.3, -0.25) is 4.79 Å². The van der Waals surface area contributed by atoms with Crippen molar-refractivity contribution < 1.29 is 9.90 Å². The molecule has 1 heterocycles. The molecule has 2 atom stereocenters. The minimum Gasteiger partial charge on any atom is -0.393 e. The Morgan fingerprint density at radius 1 is 1.47 bits per heavy atom. The minimum atomic E-state index is -0.276. The fourth-order valence-corrected chi connectivity index (χ4v) is 3.18. The molecule has 1 fully saturated rings. The third-order valence-electron chi connectivity index (χ3n) is 3.55. The van der Waals surface area contributed by atoms with Crippen LogP contribution in [0.4, 0.5) is 0 Å². The van der Waals surface area contributed by atoms with Gasteiger partial charge < -0.3 is 10.4 Å². The van der Waals surface area contributed by atoms with Crippen LogP contribution >= 0.6 is 11.5 Å². The van der Waals surface area contributed by atoms with Crippen LogP contribution < -0.4 is 5.32 Å². The maximum absolute atomic E-state index is 12.2. The second-order valence-electron chi connectivity index (χ2n) is 6.17. The van der Waals surface area contributed by atoms with Gasteiger partial charge in [0.25, 0.3) is 5.91 Å². The normalized spacial score (nSPS) is 23.6. The van der Waals surface area contributed by atoms with Crippen LogP contribution in [0.15, 0.2) is 0 Å². The molecule has 5 nitrogen and oxygen atoms in total. The number of aliphatic hydroxyl groups is 1. The van der Waals surface area contributed by atoms with Crippen LogP contribution in [-0.4, -0.2) is 33.2 Å². The van der Waals surface area contributed by atoms with E-state index in [0.29, 0.717) is 11.4 Å². The topological polar surface area (TPSA) is 75.1 Å². The Balaban J connectivity index is 1.99. The molecule has 106 valence electrons. The summed E-state index contributed by atoms with van der Waals surface area (Å²) in [5.41, 5.74) is 0.550. The summed E-state index contributed by atoms with van der Waals surface area (Å²) in [5, 5.41) is 16.7. The summed E-state index contributed by atoms with van der Waals surface area (Å²) < 4.78 is 3.89. The average Bonchev–Trinajstić information content (AvgIpc) is 2.93. The second kappa shape index (κ2) is 5.54. The lowest BCUT2D eigenvalue weighted by Gasteiger charge is -2.17. The third-order valence-corrected chi connectivity index (χ3v) is 4.27. The van der Waals surface area contributed by atoms with Crippen LogP contribution in [0.2, 0.25) is 0 Å². The number of aromatic nitrogens is 2. The van der Waals surface area contributed by atoms with Gasteiger partial charge in [-0.2, -0.15) is 0 Å². The Bertz CT molecular complexity index is 453. The van der Waals surface area contributed by atoms with Crippen LogP contribution in [-0.2, 0) is 5.41 Å². The van der Waals surface area contributed by atoms with E-state index in [2.05, 4.69) is 14.9 Å². The molecule has 6 heteroatoms. The highest BCUT2D eigenvalue weighted by molar-refractivity contribution is 7.08. The number of carbonyl (C=O) groups excluding carboxylic acids is 1. The van der Waals surface area contributed by atoms with E-state index in [1.54, 1.807) is 0 Å². The van der Waals surface area contributed by atoms with E-state index in [0.717, 1.165) is 36.5 Å².